The zero-order valence-corrected chi connectivity index (χ0v) is 12.4. The normalized spacial score (nSPS) is 11.0. The van der Waals surface area contributed by atoms with Crippen LogP contribution in [-0.2, 0) is 6.61 Å². The Kier molecular flexibility index (Phi) is 4.46. The molecule has 0 unspecified atom stereocenters. The minimum absolute atomic E-state index is 0.467. The number of nitrogens with zero attached hydrogens (tertiary/aromatic N) is 4. The molecule has 6 heteroatoms. The predicted octanol–water partition coefficient (Wildman–Crippen LogP) is 3.39. The van der Waals surface area contributed by atoms with E-state index in [1.54, 1.807) is 6.21 Å². The van der Waals surface area contributed by atoms with E-state index in [1.165, 1.54) is 17.3 Å². The molecule has 0 saturated heterocycles. The van der Waals surface area contributed by atoms with Crippen molar-refractivity contribution < 1.29 is 4.74 Å². The van der Waals surface area contributed by atoms with Gasteiger partial charge in [-0.2, -0.15) is 5.10 Å². The van der Waals surface area contributed by atoms with E-state index >= 15 is 0 Å². The molecule has 0 aliphatic rings. The zero-order chi connectivity index (χ0) is 15.2. The highest BCUT2D eigenvalue weighted by atomic mass is 35.5. The highest BCUT2D eigenvalue weighted by Gasteiger charge is 2.01. The Morgan fingerprint density at radius 2 is 1.77 bits per heavy atom. The topological polar surface area (TPSA) is 52.3 Å². The Hall–Kier alpha value is -2.66. The molecule has 1 heterocycles. The monoisotopic (exact) mass is 312 g/mol. The summed E-state index contributed by atoms with van der Waals surface area (Å²) in [5.74, 6) is 0.759. The zero-order valence-electron chi connectivity index (χ0n) is 11.6. The smallest absolute Gasteiger partial charge is 0.141 e. The Morgan fingerprint density at radius 3 is 2.55 bits per heavy atom. The van der Waals surface area contributed by atoms with E-state index in [0.29, 0.717) is 11.6 Å². The molecule has 1 aromatic heterocycles. The summed E-state index contributed by atoms with van der Waals surface area (Å²) in [5, 5.41) is 12.3. The predicted molar refractivity (Wildman–Crippen MR) is 85.2 cm³/mol. The lowest BCUT2D eigenvalue weighted by molar-refractivity contribution is 0.306. The first-order valence-corrected chi connectivity index (χ1v) is 7.04. The van der Waals surface area contributed by atoms with Crippen LogP contribution in [0, 0.1) is 0 Å². The number of hydrogen-bond donors (Lipinski definition) is 0. The van der Waals surface area contributed by atoms with Gasteiger partial charge in [-0.05, 0) is 29.8 Å². The lowest BCUT2D eigenvalue weighted by Crippen LogP contribution is -1.98. The van der Waals surface area contributed by atoms with Gasteiger partial charge >= 0.3 is 0 Å². The number of halogens is 1. The van der Waals surface area contributed by atoms with Crippen molar-refractivity contribution in [2.24, 2.45) is 5.10 Å². The molecule has 3 rings (SSSR count). The molecule has 0 bridgehead atoms. The number of benzene rings is 2. The van der Waals surface area contributed by atoms with Crippen LogP contribution < -0.4 is 4.74 Å². The average Bonchev–Trinajstić information content (AvgIpc) is 3.07. The van der Waals surface area contributed by atoms with E-state index in [-0.39, 0.29) is 0 Å². The van der Waals surface area contributed by atoms with Gasteiger partial charge in [0.1, 0.15) is 25.0 Å². The van der Waals surface area contributed by atoms with Crippen molar-refractivity contribution in [3.8, 4) is 5.75 Å². The van der Waals surface area contributed by atoms with Gasteiger partial charge in [-0.15, -0.1) is 10.2 Å². The lowest BCUT2D eigenvalue weighted by Gasteiger charge is -2.09. The van der Waals surface area contributed by atoms with Gasteiger partial charge in [0.05, 0.1) is 6.21 Å². The second-order valence-corrected chi connectivity index (χ2v) is 4.98. The van der Waals surface area contributed by atoms with Crippen LogP contribution in [0.4, 0.5) is 0 Å². The summed E-state index contributed by atoms with van der Waals surface area (Å²) in [6.45, 7) is 0.467. The van der Waals surface area contributed by atoms with Crippen LogP contribution in [-0.4, -0.2) is 21.1 Å². The quantitative estimate of drug-likeness (QED) is 0.679. The fraction of sp³-hybridized carbons (Fsp3) is 0.0625. The molecule has 0 saturated carbocycles. The standard InChI is InChI=1S/C16H13ClN4O/c17-15-7-5-13(6-8-15)10-22-16-4-2-1-3-14(16)9-20-21-11-18-19-12-21/h1-9,11-12H,10H2/b20-9-. The molecule has 0 amide bonds. The minimum atomic E-state index is 0.467. The van der Waals surface area contributed by atoms with Crippen molar-refractivity contribution in [3.05, 3.63) is 77.3 Å². The van der Waals surface area contributed by atoms with Gasteiger partial charge in [0, 0.05) is 10.6 Å². The third kappa shape index (κ3) is 3.71. The SMILES string of the molecule is Clc1ccc(COc2ccccc2/C=N\n2cnnc2)cc1. The maximum atomic E-state index is 5.87. The van der Waals surface area contributed by atoms with Gasteiger partial charge < -0.3 is 4.74 Å². The van der Waals surface area contributed by atoms with Gasteiger partial charge in [-0.3, -0.25) is 0 Å². The van der Waals surface area contributed by atoms with Crippen molar-refractivity contribution in [2.45, 2.75) is 6.61 Å². The van der Waals surface area contributed by atoms with Gasteiger partial charge in [0.15, 0.2) is 0 Å². The van der Waals surface area contributed by atoms with Gasteiger partial charge in [0.25, 0.3) is 0 Å². The Bertz CT molecular complexity index is 754. The molecule has 0 aliphatic carbocycles. The molecule has 0 spiro atoms. The first-order valence-electron chi connectivity index (χ1n) is 6.66. The summed E-state index contributed by atoms with van der Waals surface area (Å²) >= 11 is 5.87. The van der Waals surface area contributed by atoms with E-state index in [9.17, 15) is 0 Å². The van der Waals surface area contributed by atoms with Crippen molar-refractivity contribution >= 4 is 17.8 Å². The third-order valence-corrected chi connectivity index (χ3v) is 3.22. The van der Waals surface area contributed by atoms with Crippen LogP contribution in [0.15, 0.2) is 66.3 Å². The van der Waals surface area contributed by atoms with Crippen LogP contribution in [0.3, 0.4) is 0 Å². The van der Waals surface area contributed by atoms with Crippen LogP contribution in [0.5, 0.6) is 5.75 Å². The fourth-order valence-electron chi connectivity index (χ4n) is 1.84. The Labute approximate surface area is 132 Å². The molecule has 5 nitrogen and oxygen atoms in total. The number of rotatable bonds is 5. The van der Waals surface area contributed by atoms with E-state index in [4.69, 9.17) is 16.3 Å². The number of hydrogen-bond acceptors (Lipinski definition) is 4. The van der Waals surface area contributed by atoms with Gasteiger partial charge in [0.2, 0.25) is 0 Å². The molecule has 0 N–H and O–H groups in total. The van der Waals surface area contributed by atoms with Crippen molar-refractivity contribution in [1.29, 1.82) is 0 Å². The molecular weight excluding hydrogens is 300 g/mol. The minimum Gasteiger partial charge on any atom is -0.488 e. The number of para-hydroxylation sites is 1. The summed E-state index contributed by atoms with van der Waals surface area (Å²) < 4.78 is 7.38. The second-order valence-electron chi connectivity index (χ2n) is 4.54. The second kappa shape index (κ2) is 6.87. The van der Waals surface area contributed by atoms with Crippen LogP contribution in [0.2, 0.25) is 5.02 Å². The molecule has 0 atom stereocenters. The number of ether oxygens (including phenoxy) is 1. The molecule has 2 aromatic carbocycles. The fourth-order valence-corrected chi connectivity index (χ4v) is 1.97. The van der Waals surface area contributed by atoms with E-state index < -0.39 is 0 Å². The van der Waals surface area contributed by atoms with Gasteiger partial charge in [-0.25, -0.2) is 4.68 Å². The van der Waals surface area contributed by atoms with Crippen molar-refractivity contribution in [2.75, 3.05) is 0 Å². The molecule has 0 aliphatic heterocycles. The maximum Gasteiger partial charge on any atom is 0.141 e. The van der Waals surface area contributed by atoms with Crippen molar-refractivity contribution in [1.82, 2.24) is 14.9 Å². The molecule has 0 radical (unpaired) electrons. The van der Waals surface area contributed by atoms with Gasteiger partial charge in [-0.1, -0.05) is 35.9 Å². The lowest BCUT2D eigenvalue weighted by atomic mass is 10.2. The highest BCUT2D eigenvalue weighted by molar-refractivity contribution is 6.30. The summed E-state index contributed by atoms with van der Waals surface area (Å²) in [5.41, 5.74) is 1.93. The Morgan fingerprint density at radius 1 is 1.05 bits per heavy atom. The summed E-state index contributed by atoms with van der Waals surface area (Å²) in [4.78, 5) is 0. The highest BCUT2D eigenvalue weighted by Crippen LogP contribution is 2.18. The van der Waals surface area contributed by atoms with Crippen LogP contribution >= 0.6 is 11.6 Å². The molecular formula is C16H13ClN4O. The van der Waals surface area contributed by atoms with Crippen molar-refractivity contribution in [3.63, 3.8) is 0 Å². The molecule has 110 valence electrons. The number of aromatic nitrogens is 3. The largest absolute Gasteiger partial charge is 0.488 e. The van der Waals surface area contributed by atoms with E-state index in [0.717, 1.165) is 16.9 Å². The summed E-state index contributed by atoms with van der Waals surface area (Å²) in [6.07, 6.45) is 4.75. The first kappa shape index (κ1) is 14.3. The van der Waals surface area contributed by atoms with Crippen LogP contribution in [0.25, 0.3) is 0 Å². The molecule has 0 fully saturated rings. The summed E-state index contributed by atoms with van der Waals surface area (Å²) in [6, 6.07) is 15.3. The van der Waals surface area contributed by atoms with Crippen LogP contribution in [0.1, 0.15) is 11.1 Å². The van der Waals surface area contributed by atoms with E-state index in [1.807, 2.05) is 48.5 Å². The molecule has 3 aromatic rings. The molecule has 22 heavy (non-hydrogen) atoms. The maximum absolute atomic E-state index is 5.87. The average molecular weight is 313 g/mol. The summed E-state index contributed by atoms with van der Waals surface area (Å²) in [7, 11) is 0. The first-order chi connectivity index (χ1) is 10.8. The Balaban J connectivity index is 1.72. The van der Waals surface area contributed by atoms with E-state index in [2.05, 4.69) is 15.3 Å². The third-order valence-electron chi connectivity index (χ3n) is 2.96.